The highest BCUT2D eigenvalue weighted by molar-refractivity contribution is 5.45. The van der Waals surface area contributed by atoms with Crippen molar-refractivity contribution in [1.29, 1.82) is 0 Å². The molecule has 0 saturated heterocycles. The zero-order chi connectivity index (χ0) is 16.8. The lowest BCUT2D eigenvalue weighted by atomic mass is 10.1. The van der Waals surface area contributed by atoms with Crippen molar-refractivity contribution in [3.63, 3.8) is 0 Å². The Labute approximate surface area is 142 Å². The molecule has 5 nitrogen and oxygen atoms in total. The van der Waals surface area contributed by atoms with Gasteiger partial charge in [-0.3, -0.25) is 0 Å². The molecular weight excluding hydrogens is 306 g/mol. The minimum atomic E-state index is 0.304. The van der Waals surface area contributed by atoms with Gasteiger partial charge in [0.25, 0.3) is 0 Å². The average Bonchev–Trinajstić information content (AvgIpc) is 3.08. The number of methoxy groups -OCH3 is 1. The molecule has 1 N–H and O–H groups in total. The van der Waals surface area contributed by atoms with E-state index in [1.807, 2.05) is 30.3 Å². The van der Waals surface area contributed by atoms with Gasteiger partial charge in [-0.25, -0.2) is 0 Å². The zero-order valence-corrected chi connectivity index (χ0v) is 14.1. The van der Waals surface area contributed by atoms with Crippen molar-refractivity contribution in [1.82, 2.24) is 5.32 Å². The number of rotatable bonds is 8. The van der Waals surface area contributed by atoms with Crippen LogP contribution < -0.4 is 24.3 Å². The van der Waals surface area contributed by atoms with Gasteiger partial charge >= 0.3 is 0 Å². The molecule has 2 aromatic carbocycles. The Kier molecular flexibility index (Phi) is 5.43. The smallest absolute Gasteiger partial charge is 0.231 e. The number of hydrogen-bond acceptors (Lipinski definition) is 5. The van der Waals surface area contributed by atoms with Crippen LogP contribution in [0.4, 0.5) is 0 Å². The first-order chi connectivity index (χ1) is 11.8. The van der Waals surface area contributed by atoms with Crippen LogP contribution in [0.5, 0.6) is 23.0 Å². The lowest BCUT2D eigenvalue weighted by Gasteiger charge is -2.12. The van der Waals surface area contributed by atoms with Crippen molar-refractivity contribution in [2.24, 2.45) is 0 Å². The second-order valence-electron chi connectivity index (χ2n) is 5.62. The maximum absolute atomic E-state index is 5.68. The monoisotopic (exact) mass is 329 g/mol. The highest BCUT2D eigenvalue weighted by Crippen LogP contribution is 2.32. The standard InChI is InChI=1S/C19H23NO4/c1-3-8-22-16-6-4-14(9-18(16)21-2)11-20-12-15-5-7-17-19(10-15)24-13-23-17/h4-7,9-10,20H,3,8,11-13H2,1-2H3. The summed E-state index contributed by atoms with van der Waals surface area (Å²) >= 11 is 0. The van der Waals surface area contributed by atoms with Crippen LogP contribution in [-0.4, -0.2) is 20.5 Å². The van der Waals surface area contributed by atoms with Gasteiger partial charge in [0, 0.05) is 13.1 Å². The van der Waals surface area contributed by atoms with E-state index in [1.165, 1.54) is 0 Å². The second kappa shape index (κ2) is 7.93. The SMILES string of the molecule is CCCOc1ccc(CNCc2ccc3c(c2)OCO3)cc1OC. The molecule has 0 fully saturated rings. The molecule has 0 aromatic heterocycles. The van der Waals surface area contributed by atoms with Crippen LogP contribution >= 0.6 is 0 Å². The number of nitrogens with one attached hydrogen (secondary N) is 1. The van der Waals surface area contributed by atoms with Crippen molar-refractivity contribution in [3.8, 4) is 23.0 Å². The van der Waals surface area contributed by atoms with Crippen molar-refractivity contribution in [2.75, 3.05) is 20.5 Å². The van der Waals surface area contributed by atoms with Gasteiger partial charge in [-0.05, 0) is 41.8 Å². The Morgan fingerprint density at radius 2 is 1.71 bits per heavy atom. The summed E-state index contributed by atoms with van der Waals surface area (Å²) in [7, 11) is 1.66. The third kappa shape index (κ3) is 3.92. The molecule has 2 aromatic rings. The molecule has 0 bridgehead atoms. The largest absolute Gasteiger partial charge is 0.493 e. The van der Waals surface area contributed by atoms with E-state index in [0.717, 1.165) is 53.6 Å². The summed E-state index contributed by atoms with van der Waals surface area (Å²) in [5.41, 5.74) is 2.31. The van der Waals surface area contributed by atoms with Crippen molar-refractivity contribution >= 4 is 0 Å². The number of hydrogen-bond donors (Lipinski definition) is 1. The molecule has 0 spiro atoms. The fourth-order valence-electron chi connectivity index (χ4n) is 2.56. The van der Waals surface area contributed by atoms with Gasteiger partial charge in [-0.1, -0.05) is 19.1 Å². The Bertz CT molecular complexity index is 687. The first-order valence-electron chi connectivity index (χ1n) is 8.19. The summed E-state index contributed by atoms with van der Waals surface area (Å²) in [5.74, 6) is 3.18. The number of ether oxygens (including phenoxy) is 4. The summed E-state index contributed by atoms with van der Waals surface area (Å²) in [5, 5.41) is 3.43. The summed E-state index contributed by atoms with van der Waals surface area (Å²) in [6.45, 7) is 4.59. The third-order valence-electron chi connectivity index (χ3n) is 3.78. The molecule has 1 aliphatic heterocycles. The molecule has 24 heavy (non-hydrogen) atoms. The third-order valence-corrected chi connectivity index (χ3v) is 3.78. The molecule has 0 radical (unpaired) electrons. The first-order valence-corrected chi connectivity index (χ1v) is 8.19. The van der Waals surface area contributed by atoms with Crippen molar-refractivity contribution in [2.45, 2.75) is 26.4 Å². The van der Waals surface area contributed by atoms with Crippen LogP contribution in [-0.2, 0) is 13.1 Å². The van der Waals surface area contributed by atoms with Crippen LogP contribution in [0.1, 0.15) is 24.5 Å². The fourth-order valence-corrected chi connectivity index (χ4v) is 2.56. The van der Waals surface area contributed by atoms with E-state index in [1.54, 1.807) is 7.11 Å². The molecule has 1 aliphatic rings. The average molecular weight is 329 g/mol. The maximum atomic E-state index is 5.68. The van der Waals surface area contributed by atoms with Gasteiger partial charge in [0.15, 0.2) is 23.0 Å². The van der Waals surface area contributed by atoms with Gasteiger partial charge in [-0.15, -0.1) is 0 Å². The summed E-state index contributed by atoms with van der Waals surface area (Å²) in [6, 6.07) is 12.0. The molecule has 0 atom stereocenters. The minimum absolute atomic E-state index is 0.304. The molecule has 0 unspecified atom stereocenters. The van der Waals surface area contributed by atoms with Crippen LogP contribution in [0.2, 0.25) is 0 Å². The summed E-state index contributed by atoms with van der Waals surface area (Å²) < 4.78 is 21.8. The lowest BCUT2D eigenvalue weighted by molar-refractivity contribution is 0.174. The minimum Gasteiger partial charge on any atom is -0.493 e. The van der Waals surface area contributed by atoms with E-state index in [0.29, 0.717) is 13.4 Å². The normalized spacial score (nSPS) is 12.2. The maximum Gasteiger partial charge on any atom is 0.231 e. The van der Waals surface area contributed by atoms with E-state index in [9.17, 15) is 0 Å². The lowest BCUT2D eigenvalue weighted by Crippen LogP contribution is -2.12. The van der Waals surface area contributed by atoms with Crippen molar-refractivity contribution < 1.29 is 18.9 Å². The topological polar surface area (TPSA) is 49.0 Å². The molecule has 0 amide bonds. The molecule has 5 heteroatoms. The number of benzene rings is 2. The van der Waals surface area contributed by atoms with E-state index in [-0.39, 0.29) is 0 Å². The van der Waals surface area contributed by atoms with Gasteiger partial charge in [0.2, 0.25) is 6.79 Å². The van der Waals surface area contributed by atoms with Gasteiger partial charge in [0.1, 0.15) is 0 Å². The van der Waals surface area contributed by atoms with E-state index in [4.69, 9.17) is 18.9 Å². The Morgan fingerprint density at radius 3 is 2.50 bits per heavy atom. The summed E-state index contributed by atoms with van der Waals surface area (Å²) in [6.07, 6.45) is 0.974. The highest BCUT2D eigenvalue weighted by Gasteiger charge is 2.13. The van der Waals surface area contributed by atoms with Crippen LogP contribution in [0.15, 0.2) is 36.4 Å². The zero-order valence-electron chi connectivity index (χ0n) is 14.1. The molecule has 3 rings (SSSR count). The van der Waals surface area contributed by atoms with E-state index < -0.39 is 0 Å². The molecule has 128 valence electrons. The van der Waals surface area contributed by atoms with Crippen LogP contribution in [0.25, 0.3) is 0 Å². The predicted molar refractivity (Wildman–Crippen MR) is 91.9 cm³/mol. The van der Waals surface area contributed by atoms with E-state index in [2.05, 4.69) is 18.3 Å². The molecule has 0 saturated carbocycles. The highest BCUT2D eigenvalue weighted by atomic mass is 16.7. The molecule has 1 heterocycles. The van der Waals surface area contributed by atoms with Crippen molar-refractivity contribution in [3.05, 3.63) is 47.5 Å². The first kappa shape index (κ1) is 16.5. The fraction of sp³-hybridized carbons (Fsp3) is 0.368. The Morgan fingerprint density at radius 1 is 0.958 bits per heavy atom. The quantitative estimate of drug-likeness (QED) is 0.803. The van der Waals surface area contributed by atoms with Crippen LogP contribution in [0, 0.1) is 0 Å². The molecule has 0 aliphatic carbocycles. The van der Waals surface area contributed by atoms with Gasteiger partial charge in [-0.2, -0.15) is 0 Å². The second-order valence-corrected chi connectivity index (χ2v) is 5.62. The number of fused-ring (bicyclic) bond motifs is 1. The Balaban J connectivity index is 1.56. The predicted octanol–water partition coefficient (Wildman–Crippen LogP) is 3.50. The van der Waals surface area contributed by atoms with E-state index >= 15 is 0 Å². The van der Waals surface area contributed by atoms with Crippen LogP contribution in [0.3, 0.4) is 0 Å². The Hall–Kier alpha value is -2.40. The summed E-state index contributed by atoms with van der Waals surface area (Å²) in [4.78, 5) is 0. The molecular formula is C19H23NO4. The van der Waals surface area contributed by atoms with Gasteiger partial charge < -0.3 is 24.3 Å². The van der Waals surface area contributed by atoms with Gasteiger partial charge in [0.05, 0.1) is 13.7 Å².